The Bertz CT molecular complexity index is 360. The van der Waals surface area contributed by atoms with Crippen molar-refractivity contribution in [2.24, 2.45) is 0 Å². The average molecular weight is 248 g/mol. The van der Waals surface area contributed by atoms with Crippen molar-refractivity contribution in [2.45, 2.75) is 58.2 Å². The van der Waals surface area contributed by atoms with Gasteiger partial charge in [-0.2, -0.15) is 0 Å². The lowest BCUT2D eigenvalue weighted by Gasteiger charge is -2.14. The molecule has 2 unspecified atom stereocenters. The summed E-state index contributed by atoms with van der Waals surface area (Å²) in [5.74, 6) is 0. The lowest BCUT2D eigenvalue weighted by molar-refractivity contribution is 0.0944. The molecule has 18 heavy (non-hydrogen) atoms. The van der Waals surface area contributed by atoms with E-state index in [9.17, 15) is 5.11 Å². The zero-order chi connectivity index (χ0) is 13.0. The standard InChI is InChI=1S/C16H24O2/c1-12-9-13(2)11-14(10-12)16(17)7-3-5-15-6-4-8-18-15/h9-11,15-17H,3-8H2,1-2H3. The van der Waals surface area contributed by atoms with Crippen LogP contribution in [0, 0.1) is 13.8 Å². The summed E-state index contributed by atoms with van der Waals surface area (Å²) in [4.78, 5) is 0. The van der Waals surface area contributed by atoms with Gasteiger partial charge in [0.2, 0.25) is 0 Å². The second kappa shape index (κ2) is 6.35. The van der Waals surface area contributed by atoms with Crippen molar-refractivity contribution >= 4 is 0 Å². The number of hydrogen-bond acceptors (Lipinski definition) is 2. The second-order valence-electron chi connectivity index (χ2n) is 5.50. The zero-order valence-electron chi connectivity index (χ0n) is 11.5. The largest absolute Gasteiger partial charge is 0.388 e. The van der Waals surface area contributed by atoms with Crippen LogP contribution < -0.4 is 0 Å². The van der Waals surface area contributed by atoms with Crippen molar-refractivity contribution in [3.8, 4) is 0 Å². The topological polar surface area (TPSA) is 29.5 Å². The molecular weight excluding hydrogens is 224 g/mol. The zero-order valence-corrected chi connectivity index (χ0v) is 11.5. The van der Waals surface area contributed by atoms with E-state index in [0.29, 0.717) is 6.10 Å². The number of hydrogen-bond donors (Lipinski definition) is 1. The highest BCUT2D eigenvalue weighted by molar-refractivity contribution is 5.29. The second-order valence-corrected chi connectivity index (χ2v) is 5.50. The van der Waals surface area contributed by atoms with Crippen LogP contribution in [0.3, 0.4) is 0 Å². The molecule has 0 radical (unpaired) electrons. The Morgan fingerprint density at radius 3 is 2.61 bits per heavy atom. The monoisotopic (exact) mass is 248 g/mol. The average Bonchev–Trinajstić information content (AvgIpc) is 2.80. The fraction of sp³-hybridized carbons (Fsp3) is 0.625. The highest BCUT2D eigenvalue weighted by Gasteiger charge is 2.16. The van der Waals surface area contributed by atoms with E-state index in [-0.39, 0.29) is 6.10 Å². The van der Waals surface area contributed by atoms with Crippen LogP contribution in [-0.4, -0.2) is 17.8 Å². The van der Waals surface area contributed by atoms with Gasteiger partial charge in [-0.05, 0) is 51.5 Å². The molecule has 0 aromatic heterocycles. The SMILES string of the molecule is Cc1cc(C)cc(C(O)CCCC2CCCO2)c1. The third-order valence-corrected chi connectivity index (χ3v) is 3.66. The van der Waals surface area contributed by atoms with Gasteiger partial charge in [-0.1, -0.05) is 29.3 Å². The van der Waals surface area contributed by atoms with Gasteiger partial charge < -0.3 is 9.84 Å². The van der Waals surface area contributed by atoms with E-state index in [0.717, 1.165) is 31.4 Å². The minimum atomic E-state index is -0.329. The molecule has 1 saturated heterocycles. The fourth-order valence-corrected chi connectivity index (χ4v) is 2.78. The quantitative estimate of drug-likeness (QED) is 0.861. The molecule has 1 aromatic rings. The number of rotatable bonds is 5. The van der Waals surface area contributed by atoms with Crippen LogP contribution in [0.5, 0.6) is 0 Å². The fourth-order valence-electron chi connectivity index (χ4n) is 2.78. The summed E-state index contributed by atoms with van der Waals surface area (Å²) in [6.07, 6.45) is 5.47. The van der Waals surface area contributed by atoms with Crippen molar-refractivity contribution in [1.82, 2.24) is 0 Å². The van der Waals surface area contributed by atoms with Crippen LogP contribution >= 0.6 is 0 Å². The van der Waals surface area contributed by atoms with Crippen molar-refractivity contribution in [3.05, 3.63) is 34.9 Å². The van der Waals surface area contributed by atoms with Gasteiger partial charge in [-0.25, -0.2) is 0 Å². The van der Waals surface area contributed by atoms with Gasteiger partial charge in [0.25, 0.3) is 0 Å². The molecule has 2 atom stereocenters. The van der Waals surface area contributed by atoms with E-state index in [2.05, 4.69) is 32.0 Å². The molecule has 0 aliphatic carbocycles. The summed E-state index contributed by atoms with van der Waals surface area (Å²) in [5.41, 5.74) is 3.51. The molecule has 0 spiro atoms. The number of ether oxygens (including phenoxy) is 1. The Kier molecular flexibility index (Phi) is 4.79. The highest BCUT2D eigenvalue weighted by atomic mass is 16.5. The molecule has 0 bridgehead atoms. The third kappa shape index (κ3) is 3.82. The number of benzene rings is 1. The minimum absolute atomic E-state index is 0.329. The van der Waals surface area contributed by atoms with Crippen molar-refractivity contribution in [2.75, 3.05) is 6.61 Å². The number of aliphatic hydroxyl groups excluding tert-OH is 1. The van der Waals surface area contributed by atoms with Gasteiger partial charge in [0.05, 0.1) is 12.2 Å². The Labute approximate surface area is 110 Å². The number of aryl methyl sites for hydroxylation is 2. The molecule has 2 rings (SSSR count). The van der Waals surface area contributed by atoms with Gasteiger partial charge in [0, 0.05) is 6.61 Å². The maximum Gasteiger partial charge on any atom is 0.0790 e. The van der Waals surface area contributed by atoms with Gasteiger partial charge in [-0.15, -0.1) is 0 Å². The molecular formula is C16H24O2. The Balaban J connectivity index is 1.81. The summed E-state index contributed by atoms with van der Waals surface area (Å²) >= 11 is 0. The Morgan fingerprint density at radius 1 is 1.28 bits per heavy atom. The van der Waals surface area contributed by atoms with Gasteiger partial charge in [-0.3, -0.25) is 0 Å². The summed E-state index contributed by atoms with van der Waals surface area (Å²) in [6, 6.07) is 6.32. The van der Waals surface area contributed by atoms with E-state index in [1.165, 1.54) is 24.0 Å². The number of aliphatic hydroxyl groups is 1. The predicted octanol–water partition coefficient (Wildman–Crippen LogP) is 3.69. The third-order valence-electron chi connectivity index (χ3n) is 3.66. The molecule has 1 fully saturated rings. The lowest BCUT2D eigenvalue weighted by atomic mass is 9.98. The van der Waals surface area contributed by atoms with Gasteiger partial charge in [0.15, 0.2) is 0 Å². The summed E-state index contributed by atoms with van der Waals surface area (Å²) < 4.78 is 5.60. The maximum absolute atomic E-state index is 10.2. The molecule has 1 heterocycles. The smallest absolute Gasteiger partial charge is 0.0790 e. The molecule has 1 aliphatic heterocycles. The highest BCUT2D eigenvalue weighted by Crippen LogP contribution is 2.24. The Hall–Kier alpha value is -0.860. The predicted molar refractivity (Wildman–Crippen MR) is 73.7 cm³/mol. The molecule has 0 saturated carbocycles. The lowest BCUT2D eigenvalue weighted by Crippen LogP contribution is -2.06. The summed E-state index contributed by atoms with van der Waals surface area (Å²) in [7, 11) is 0. The van der Waals surface area contributed by atoms with E-state index >= 15 is 0 Å². The van der Waals surface area contributed by atoms with Crippen molar-refractivity contribution in [1.29, 1.82) is 0 Å². The molecule has 0 amide bonds. The van der Waals surface area contributed by atoms with Crippen LogP contribution in [-0.2, 0) is 4.74 Å². The van der Waals surface area contributed by atoms with E-state index in [1.807, 2.05) is 0 Å². The van der Waals surface area contributed by atoms with Crippen LogP contribution in [0.4, 0.5) is 0 Å². The van der Waals surface area contributed by atoms with E-state index < -0.39 is 0 Å². The first-order valence-corrected chi connectivity index (χ1v) is 7.03. The van der Waals surface area contributed by atoms with Crippen LogP contribution in [0.2, 0.25) is 0 Å². The molecule has 1 aromatic carbocycles. The van der Waals surface area contributed by atoms with Gasteiger partial charge in [0.1, 0.15) is 0 Å². The minimum Gasteiger partial charge on any atom is -0.388 e. The molecule has 1 N–H and O–H groups in total. The van der Waals surface area contributed by atoms with Crippen molar-refractivity contribution in [3.63, 3.8) is 0 Å². The molecule has 2 heteroatoms. The first-order valence-electron chi connectivity index (χ1n) is 7.03. The van der Waals surface area contributed by atoms with E-state index in [1.54, 1.807) is 0 Å². The van der Waals surface area contributed by atoms with Crippen LogP contribution in [0.15, 0.2) is 18.2 Å². The van der Waals surface area contributed by atoms with Crippen LogP contribution in [0.25, 0.3) is 0 Å². The first-order chi connectivity index (χ1) is 8.65. The molecule has 100 valence electrons. The molecule has 2 nitrogen and oxygen atoms in total. The normalized spacial score (nSPS) is 21.2. The maximum atomic E-state index is 10.2. The first kappa shape index (κ1) is 13.6. The summed E-state index contributed by atoms with van der Waals surface area (Å²) in [6.45, 7) is 5.08. The Morgan fingerprint density at radius 2 is 2.00 bits per heavy atom. The van der Waals surface area contributed by atoms with Crippen molar-refractivity contribution < 1.29 is 9.84 Å². The van der Waals surface area contributed by atoms with Crippen LogP contribution in [0.1, 0.15) is 54.9 Å². The summed E-state index contributed by atoms with van der Waals surface area (Å²) in [5, 5.41) is 10.2. The van der Waals surface area contributed by atoms with E-state index in [4.69, 9.17) is 4.74 Å². The van der Waals surface area contributed by atoms with Gasteiger partial charge >= 0.3 is 0 Å². The molecule has 1 aliphatic rings.